The van der Waals surface area contributed by atoms with Crippen LogP contribution < -0.4 is 16.5 Å². The standard InChI is InChI=1S/C21H30ClN5O4S/c22-17-7-6-8-18(15-17)25-21(28)20(31-14-5-3-1-2-4-9-23)19(16-24)26-10-12-27(13-11-26)32(29)30/h2,4,6-8,15-16,24H,1,3,5,9-14,23H2,(H,25,28)(H,29,30)/p+2/b4-2+,20-19-,24-16?. The van der Waals surface area contributed by atoms with E-state index in [-0.39, 0.29) is 5.76 Å². The van der Waals surface area contributed by atoms with E-state index < -0.39 is 17.2 Å². The van der Waals surface area contributed by atoms with Crippen LogP contribution in [0, 0.1) is 0 Å². The number of nitrogens with one attached hydrogen (secondary N) is 1. The van der Waals surface area contributed by atoms with Gasteiger partial charge in [-0.05, 0) is 37.5 Å². The van der Waals surface area contributed by atoms with Crippen LogP contribution in [-0.4, -0.2) is 69.4 Å². The van der Waals surface area contributed by atoms with Crippen LogP contribution in [0.25, 0.3) is 0 Å². The van der Waals surface area contributed by atoms with Crippen molar-refractivity contribution in [1.82, 2.24) is 9.21 Å². The van der Waals surface area contributed by atoms with Gasteiger partial charge in [-0.15, -0.1) is 0 Å². The molecule has 0 spiro atoms. The molecule has 0 radical (unpaired) electrons. The Morgan fingerprint density at radius 2 is 2.03 bits per heavy atom. The van der Waals surface area contributed by atoms with E-state index in [0.29, 0.717) is 55.7 Å². The minimum atomic E-state index is -1.78. The lowest BCUT2D eigenvalue weighted by Crippen LogP contribution is -2.49. The van der Waals surface area contributed by atoms with Gasteiger partial charge in [0.2, 0.25) is 5.76 Å². The Balaban J connectivity index is 2.14. The van der Waals surface area contributed by atoms with Crippen LogP contribution >= 0.6 is 11.6 Å². The van der Waals surface area contributed by atoms with Gasteiger partial charge < -0.3 is 25.2 Å². The fraction of sp³-hybridized carbons (Fsp3) is 0.429. The van der Waals surface area contributed by atoms with Gasteiger partial charge in [0.1, 0.15) is 5.70 Å². The molecule has 1 aliphatic heterocycles. The molecule has 1 atom stereocenters. The summed E-state index contributed by atoms with van der Waals surface area (Å²) in [7, 11) is 0. The number of carbonyl (C=O) groups excluding carboxylic acids is 1. The Morgan fingerprint density at radius 1 is 1.28 bits per heavy atom. The number of rotatable bonds is 12. The minimum absolute atomic E-state index is 0.116. The molecule has 176 valence electrons. The van der Waals surface area contributed by atoms with Crippen LogP contribution in [0.2, 0.25) is 5.02 Å². The minimum Gasteiger partial charge on any atom is -0.486 e. The molecule has 2 rings (SSSR count). The number of unbranched alkanes of at least 4 members (excludes halogenated alkanes) is 2. The Kier molecular flexibility index (Phi) is 11.4. The van der Waals surface area contributed by atoms with Crippen molar-refractivity contribution < 1.29 is 23.7 Å². The lowest BCUT2D eigenvalue weighted by atomic mass is 10.2. The Hall–Kier alpha value is -2.24. The summed E-state index contributed by atoms with van der Waals surface area (Å²) in [5.41, 5.74) is 6.44. The van der Waals surface area contributed by atoms with E-state index in [9.17, 15) is 9.00 Å². The molecule has 1 unspecified atom stereocenters. The Bertz CT molecular complexity index is 856. The zero-order valence-electron chi connectivity index (χ0n) is 18.0. The molecule has 0 aliphatic carbocycles. The second kappa shape index (κ2) is 14.0. The van der Waals surface area contributed by atoms with Gasteiger partial charge in [0, 0.05) is 43.4 Å². The van der Waals surface area contributed by atoms with Crippen molar-refractivity contribution in [2.24, 2.45) is 5.73 Å². The summed E-state index contributed by atoms with van der Waals surface area (Å²) < 4.78 is 26.3. The second-order valence-corrected chi connectivity index (χ2v) is 8.51. The third-order valence-electron chi connectivity index (χ3n) is 4.81. The molecule has 1 heterocycles. The molecule has 1 amide bonds. The van der Waals surface area contributed by atoms with Gasteiger partial charge >= 0.3 is 11.3 Å². The van der Waals surface area contributed by atoms with Crippen molar-refractivity contribution in [1.29, 1.82) is 0 Å². The van der Waals surface area contributed by atoms with Gasteiger partial charge in [0.05, 0.1) is 6.61 Å². The maximum Gasteiger partial charge on any atom is 0.391 e. The molecule has 1 fully saturated rings. The van der Waals surface area contributed by atoms with Gasteiger partial charge in [-0.2, -0.15) is 8.51 Å². The monoisotopic (exact) mass is 485 g/mol. The summed E-state index contributed by atoms with van der Waals surface area (Å²) in [6, 6.07) is 6.85. The zero-order valence-corrected chi connectivity index (χ0v) is 19.5. The van der Waals surface area contributed by atoms with Crippen molar-refractivity contribution in [2.45, 2.75) is 19.3 Å². The lowest BCUT2D eigenvalue weighted by Gasteiger charge is -2.32. The molecule has 0 aromatic heterocycles. The number of ether oxygens (including phenoxy) is 1. The molecule has 1 saturated heterocycles. The second-order valence-electron chi connectivity index (χ2n) is 7.06. The molecule has 32 heavy (non-hydrogen) atoms. The highest BCUT2D eigenvalue weighted by atomic mass is 35.5. The maximum atomic E-state index is 13.1. The molecule has 0 saturated carbocycles. The van der Waals surface area contributed by atoms with Gasteiger partial charge in [-0.3, -0.25) is 10.2 Å². The fourth-order valence-corrected chi connectivity index (χ4v) is 3.87. The lowest BCUT2D eigenvalue weighted by molar-refractivity contribution is -0.117. The topological polar surface area (TPSA) is 136 Å². The first-order valence-corrected chi connectivity index (χ1v) is 11.9. The smallest absolute Gasteiger partial charge is 0.391 e. The van der Waals surface area contributed by atoms with Crippen molar-refractivity contribution in [3.8, 4) is 0 Å². The van der Waals surface area contributed by atoms with Crippen molar-refractivity contribution >= 4 is 40.7 Å². The first-order chi connectivity index (χ1) is 15.5. The first kappa shape index (κ1) is 26.0. The van der Waals surface area contributed by atoms with Gasteiger partial charge in [-0.1, -0.05) is 29.8 Å². The highest BCUT2D eigenvalue weighted by Gasteiger charge is 2.28. The summed E-state index contributed by atoms with van der Waals surface area (Å²) in [5.74, 6) is -0.316. The van der Waals surface area contributed by atoms with Crippen LogP contribution in [0.1, 0.15) is 19.3 Å². The Labute approximate surface area is 196 Å². The first-order valence-electron chi connectivity index (χ1n) is 10.4. The largest absolute Gasteiger partial charge is 0.486 e. The quantitative estimate of drug-likeness (QED) is 0.0951. The van der Waals surface area contributed by atoms with E-state index in [1.165, 1.54) is 6.21 Å². The zero-order chi connectivity index (χ0) is 23.3. The van der Waals surface area contributed by atoms with Crippen molar-refractivity contribution in [2.75, 3.05) is 44.6 Å². The average Bonchev–Trinajstić information content (AvgIpc) is 2.78. The molecule has 1 aliphatic rings. The van der Waals surface area contributed by atoms with Crippen molar-refractivity contribution in [3.05, 3.63) is 52.9 Å². The van der Waals surface area contributed by atoms with Crippen LogP contribution in [-0.2, 0) is 20.8 Å². The summed E-state index contributed by atoms with van der Waals surface area (Å²) in [5, 5.41) is 9.22. The molecular formula is C21H32ClN5O4S+2. The summed E-state index contributed by atoms with van der Waals surface area (Å²) in [6.07, 6.45) is 7.83. The normalized spacial score (nSPS) is 16.5. The van der Waals surface area contributed by atoms with Crippen LogP contribution in [0.3, 0.4) is 0 Å². The van der Waals surface area contributed by atoms with Crippen LogP contribution in [0.15, 0.2) is 47.9 Å². The summed E-state index contributed by atoms with van der Waals surface area (Å²) in [6.45, 7) is 2.64. The number of hydrogen-bond donors (Lipinski definition) is 3. The number of hydrogen-bond acceptors (Lipinski definition) is 5. The highest BCUT2D eigenvalue weighted by molar-refractivity contribution is 7.76. The number of carbonyl (C=O) groups is 1. The number of allylic oxidation sites excluding steroid dienone is 2. The third kappa shape index (κ3) is 8.36. The molecule has 7 N–H and O–H groups in total. The molecule has 11 heteroatoms. The van der Waals surface area contributed by atoms with Crippen molar-refractivity contribution in [3.63, 3.8) is 0 Å². The molecule has 1 aromatic rings. The fourth-order valence-electron chi connectivity index (χ4n) is 3.18. The van der Waals surface area contributed by atoms with E-state index in [4.69, 9.17) is 32.0 Å². The Morgan fingerprint density at radius 3 is 2.66 bits per heavy atom. The molecule has 1 aromatic carbocycles. The number of halogens is 1. The number of nitrogens with two attached hydrogens (primary N) is 2. The predicted octanol–water partition coefficient (Wildman–Crippen LogP) is -0.0573. The SMILES string of the molecule is NC/C=C/CCCCO/C(C(=O)Nc1cccc(Cl)c1)=C(/C=[NH2+])N1CCN(S(=O)[OH2+])CC1. The predicted molar refractivity (Wildman–Crippen MR) is 128 cm³/mol. The van der Waals surface area contributed by atoms with E-state index in [0.717, 1.165) is 19.3 Å². The van der Waals surface area contributed by atoms with E-state index >= 15 is 0 Å². The van der Waals surface area contributed by atoms with Crippen LogP contribution in [0.4, 0.5) is 5.69 Å². The van der Waals surface area contributed by atoms with Gasteiger partial charge in [0.25, 0.3) is 5.91 Å². The number of amides is 1. The highest BCUT2D eigenvalue weighted by Crippen LogP contribution is 2.19. The summed E-state index contributed by atoms with van der Waals surface area (Å²) >= 11 is 4.25. The molecular weight excluding hydrogens is 454 g/mol. The van der Waals surface area contributed by atoms with E-state index in [1.807, 2.05) is 17.1 Å². The molecule has 0 bridgehead atoms. The van der Waals surface area contributed by atoms with Gasteiger partial charge in [-0.25, -0.2) is 0 Å². The van der Waals surface area contributed by atoms with Crippen LogP contribution in [0.5, 0.6) is 0 Å². The number of anilines is 1. The number of piperazine rings is 1. The van der Waals surface area contributed by atoms with Gasteiger partial charge in [0.15, 0.2) is 6.21 Å². The summed E-state index contributed by atoms with van der Waals surface area (Å²) in [4.78, 5) is 15.0. The molecule has 9 nitrogen and oxygen atoms in total. The number of nitrogens with zero attached hydrogens (tertiary/aromatic N) is 2. The number of benzene rings is 1. The third-order valence-corrected chi connectivity index (χ3v) is 5.88. The average molecular weight is 486 g/mol. The maximum absolute atomic E-state index is 13.1. The van der Waals surface area contributed by atoms with E-state index in [1.54, 1.807) is 28.6 Å². The van der Waals surface area contributed by atoms with E-state index in [2.05, 4.69) is 5.32 Å².